The Balaban J connectivity index is 2.09. The largest absolute Gasteiger partial charge is 0.376 e. The maximum atomic E-state index is 5.44. The van der Waals surface area contributed by atoms with E-state index in [4.69, 9.17) is 4.74 Å². The van der Waals surface area contributed by atoms with E-state index in [0.717, 1.165) is 19.6 Å². The van der Waals surface area contributed by atoms with Crippen molar-refractivity contribution in [1.29, 1.82) is 0 Å². The van der Waals surface area contributed by atoms with Crippen molar-refractivity contribution >= 4 is 0 Å². The molecule has 0 radical (unpaired) electrons. The summed E-state index contributed by atoms with van der Waals surface area (Å²) in [4.78, 5) is 0. The van der Waals surface area contributed by atoms with Crippen LogP contribution in [0.3, 0.4) is 0 Å². The lowest BCUT2D eigenvalue weighted by molar-refractivity contribution is 0.108. The highest BCUT2D eigenvalue weighted by Crippen LogP contribution is 2.37. The molecule has 1 saturated carbocycles. The molecule has 3 heteroatoms. The van der Waals surface area contributed by atoms with E-state index in [1.54, 1.807) is 0 Å². The Bertz CT molecular complexity index is 339. The molecule has 0 aromatic carbocycles. The van der Waals surface area contributed by atoms with Crippen molar-refractivity contribution in [2.75, 3.05) is 6.61 Å². The van der Waals surface area contributed by atoms with Crippen molar-refractivity contribution in [3.63, 3.8) is 0 Å². The lowest BCUT2D eigenvalue weighted by Crippen LogP contribution is -2.13. The molecular weight excluding hydrogens is 164 g/mol. The highest BCUT2D eigenvalue weighted by Gasteiger charge is 2.29. The van der Waals surface area contributed by atoms with Crippen LogP contribution >= 0.6 is 0 Å². The second kappa shape index (κ2) is 2.58. The third kappa shape index (κ3) is 1.10. The zero-order valence-corrected chi connectivity index (χ0v) is 7.92. The molecule has 3 nitrogen and oxygen atoms in total. The Hall–Kier alpha value is -0.830. The van der Waals surface area contributed by atoms with Gasteiger partial charge in [-0.05, 0) is 19.8 Å². The normalized spacial score (nSPS) is 21.6. The molecule has 0 spiro atoms. The van der Waals surface area contributed by atoms with Crippen LogP contribution in [0.5, 0.6) is 0 Å². The van der Waals surface area contributed by atoms with E-state index < -0.39 is 0 Å². The van der Waals surface area contributed by atoms with Crippen molar-refractivity contribution < 1.29 is 4.74 Å². The van der Waals surface area contributed by atoms with Crippen LogP contribution in [0.25, 0.3) is 0 Å². The molecule has 0 amide bonds. The second-order valence-corrected chi connectivity index (χ2v) is 3.99. The number of nitrogens with zero attached hydrogens (tertiary/aromatic N) is 2. The summed E-state index contributed by atoms with van der Waals surface area (Å²) < 4.78 is 7.68. The third-order valence-corrected chi connectivity index (χ3v) is 2.94. The summed E-state index contributed by atoms with van der Waals surface area (Å²) in [6.45, 7) is 3.73. The van der Waals surface area contributed by atoms with Crippen molar-refractivity contribution in [3.05, 3.63) is 17.0 Å². The monoisotopic (exact) mass is 178 g/mol. The molecule has 0 saturated heterocycles. The molecule has 0 N–H and O–H groups in total. The summed E-state index contributed by atoms with van der Waals surface area (Å²) >= 11 is 0. The number of ether oxygens (including phenoxy) is 1. The van der Waals surface area contributed by atoms with Crippen LogP contribution in [-0.2, 0) is 17.8 Å². The Morgan fingerprint density at radius 3 is 3.08 bits per heavy atom. The Morgan fingerprint density at radius 1 is 1.46 bits per heavy atom. The first-order chi connectivity index (χ1) is 6.36. The summed E-state index contributed by atoms with van der Waals surface area (Å²) in [7, 11) is 0. The fourth-order valence-corrected chi connectivity index (χ4v) is 2.05. The van der Waals surface area contributed by atoms with E-state index >= 15 is 0 Å². The Kier molecular flexibility index (Phi) is 1.50. The maximum Gasteiger partial charge on any atom is 0.0753 e. The summed E-state index contributed by atoms with van der Waals surface area (Å²) in [5.74, 6) is 0. The molecule has 1 fully saturated rings. The van der Waals surface area contributed by atoms with E-state index in [1.165, 1.54) is 29.8 Å². The van der Waals surface area contributed by atoms with Crippen LogP contribution in [0.4, 0.5) is 0 Å². The van der Waals surface area contributed by atoms with E-state index in [9.17, 15) is 0 Å². The van der Waals surface area contributed by atoms with Crippen LogP contribution < -0.4 is 0 Å². The molecule has 1 aliphatic carbocycles. The van der Waals surface area contributed by atoms with E-state index in [1.807, 2.05) is 0 Å². The van der Waals surface area contributed by atoms with Crippen molar-refractivity contribution in [2.24, 2.45) is 0 Å². The predicted molar refractivity (Wildman–Crippen MR) is 48.6 cm³/mol. The molecule has 0 bridgehead atoms. The van der Waals surface area contributed by atoms with Crippen molar-refractivity contribution in [2.45, 2.75) is 38.8 Å². The van der Waals surface area contributed by atoms with Gasteiger partial charge in [0.15, 0.2) is 0 Å². The van der Waals surface area contributed by atoms with Gasteiger partial charge < -0.3 is 4.74 Å². The topological polar surface area (TPSA) is 27.1 Å². The number of hydrogen-bond acceptors (Lipinski definition) is 2. The van der Waals surface area contributed by atoms with Gasteiger partial charge in [0.2, 0.25) is 0 Å². The quantitative estimate of drug-likeness (QED) is 0.653. The summed E-state index contributed by atoms with van der Waals surface area (Å²) in [5, 5.41) is 4.59. The highest BCUT2D eigenvalue weighted by atomic mass is 16.5. The molecule has 3 rings (SSSR count). The molecule has 70 valence electrons. The first-order valence-electron chi connectivity index (χ1n) is 5.01. The highest BCUT2D eigenvalue weighted by molar-refractivity contribution is 5.27. The average molecular weight is 178 g/mol. The molecule has 1 aromatic rings. The van der Waals surface area contributed by atoms with E-state index in [2.05, 4.69) is 16.7 Å². The van der Waals surface area contributed by atoms with Gasteiger partial charge in [0, 0.05) is 17.7 Å². The zero-order valence-electron chi connectivity index (χ0n) is 7.92. The van der Waals surface area contributed by atoms with Gasteiger partial charge in [0.1, 0.15) is 0 Å². The smallest absolute Gasteiger partial charge is 0.0753 e. The Labute approximate surface area is 77.7 Å². The lowest BCUT2D eigenvalue weighted by atomic mass is 10.1. The van der Waals surface area contributed by atoms with Gasteiger partial charge in [-0.3, -0.25) is 4.68 Å². The van der Waals surface area contributed by atoms with Gasteiger partial charge in [-0.2, -0.15) is 5.10 Å². The summed E-state index contributed by atoms with van der Waals surface area (Å²) in [6, 6.07) is 0.709. The molecule has 0 unspecified atom stereocenters. The zero-order chi connectivity index (χ0) is 8.84. The number of aromatic nitrogens is 2. The maximum absolute atomic E-state index is 5.44. The lowest BCUT2D eigenvalue weighted by Gasteiger charge is -2.14. The SMILES string of the molecule is Cc1nn(C2CC2)c2c1COCC2. The molecular formula is C10H14N2O. The Morgan fingerprint density at radius 2 is 2.31 bits per heavy atom. The molecule has 1 aliphatic heterocycles. The fraction of sp³-hybridized carbons (Fsp3) is 0.700. The average Bonchev–Trinajstić information content (AvgIpc) is 2.94. The minimum atomic E-state index is 0.709. The fourth-order valence-electron chi connectivity index (χ4n) is 2.05. The first kappa shape index (κ1) is 7.56. The summed E-state index contributed by atoms with van der Waals surface area (Å²) in [6.07, 6.45) is 3.68. The van der Waals surface area contributed by atoms with Crippen LogP contribution in [0, 0.1) is 6.92 Å². The van der Waals surface area contributed by atoms with E-state index in [0.29, 0.717) is 6.04 Å². The van der Waals surface area contributed by atoms with Gasteiger partial charge >= 0.3 is 0 Å². The van der Waals surface area contributed by atoms with E-state index in [-0.39, 0.29) is 0 Å². The summed E-state index contributed by atoms with van der Waals surface area (Å²) in [5.41, 5.74) is 3.95. The standard InChI is InChI=1S/C10H14N2O/c1-7-9-6-13-5-4-10(9)12(11-7)8-2-3-8/h8H,2-6H2,1H3. The van der Waals surface area contributed by atoms with Crippen LogP contribution in [0.1, 0.15) is 35.8 Å². The van der Waals surface area contributed by atoms with Gasteiger partial charge in [-0.15, -0.1) is 0 Å². The number of aryl methyl sites for hydroxylation is 1. The molecule has 0 atom stereocenters. The van der Waals surface area contributed by atoms with Crippen LogP contribution in [-0.4, -0.2) is 16.4 Å². The molecule has 2 heterocycles. The number of fused-ring (bicyclic) bond motifs is 1. The number of rotatable bonds is 1. The van der Waals surface area contributed by atoms with Crippen molar-refractivity contribution in [3.8, 4) is 0 Å². The van der Waals surface area contributed by atoms with Crippen LogP contribution in [0.15, 0.2) is 0 Å². The van der Waals surface area contributed by atoms with Gasteiger partial charge in [-0.1, -0.05) is 0 Å². The third-order valence-electron chi connectivity index (χ3n) is 2.94. The van der Waals surface area contributed by atoms with Crippen LogP contribution in [0.2, 0.25) is 0 Å². The minimum absolute atomic E-state index is 0.709. The van der Waals surface area contributed by atoms with Crippen molar-refractivity contribution in [1.82, 2.24) is 9.78 Å². The van der Waals surface area contributed by atoms with Gasteiger partial charge in [0.05, 0.1) is 24.9 Å². The first-order valence-corrected chi connectivity index (χ1v) is 5.01. The predicted octanol–water partition coefficient (Wildman–Crippen LogP) is 1.60. The second-order valence-electron chi connectivity index (χ2n) is 3.99. The van der Waals surface area contributed by atoms with Gasteiger partial charge in [-0.25, -0.2) is 0 Å². The molecule has 1 aromatic heterocycles. The van der Waals surface area contributed by atoms with Gasteiger partial charge in [0.25, 0.3) is 0 Å². The number of hydrogen-bond donors (Lipinski definition) is 0. The minimum Gasteiger partial charge on any atom is -0.376 e. The molecule has 2 aliphatic rings. The molecule has 13 heavy (non-hydrogen) atoms.